The molecule has 1 fully saturated rings. The zero-order valence-electron chi connectivity index (χ0n) is 16.2. The summed E-state index contributed by atoms with van der Waals surface area (Å²) in [7, 11) is 0. The molecule has 0 spiro atoms. The molecule has 0 aromatic heterocycles. The van der Waals surface area contributed by atoms with Crippen molar-refractivity contribution in [1.82, 2.24) is 0 Å². The third-order valence-electron chi connectivity index (χ3n) is 5.12. The fraction of sp³-hybridized carbons (Fsp3) is 0.522. The maximum atomic E-state index is 12.7. The highest BCUT2D eigenvalue weighted by molar-refractivity contribution is 8.00. The number of allylic oxidation sites excluding steroid dienone is 4. The molecule has 25 heavy (non-hydrogen) atoms. The van der Waals surface area contributed by atoms with Crippen LogP contribution in [-0.2, 0) is 4.79 Å². The minimum Gasteiger partial charge on any atom is -0.299 e. The molecule has 1 aromatic rings. The van der Waals surface area contributed by atoms with E-state index in [1.165, 1.54) is 16.0 Å². The van der Waals surface area contributed by atoms with Crippen LogP contribution in [-0.4, -0.2) is 10.5 Å². The van der Waals surface area contributed by atoms with E-state index in [1.54, 1.807) is 0 Å². The first-order valence-corrected chi connectivity index (χ1v) is 10.3. The van der Waals surface area contributed by atoms with Crippen molar-refractivity contribution in [2.24, 2.45) is 5.92 Å². The molecule has 2 heteroatoms. The number of thioether (sulfide) groups is 1. The van der Waals surface area contributed by atoms with E-state index in [2.05, 4.69) is 64.1 Å². The van der Waals surface area contributed by atoms with E-state index in [1.807, 2.05) is 17.8 Å². The van der Waals surface area contributed by atoms with Gasteiger partial charge in [0.2, 0.25) is 0 Å². The van der Waals surface area contributed by atoms with E-state index in [0.717, 1.165) is 32.1 Å². The normalized spacial score (nSPS) is 23.0. The van der Waals surface area contributed by atoms with Crippen LogP contribution in [0.1, 0.15) is 66.2 Å². The lowest BCUT2D eigenvalue weighted by Gasteiger charge is -2.45. The number of Topliss-reactive ketones (excluding diaryl/α,β-unsaturated/α-hetero) is 1. The number of benzene rings is 1. The zero-order valence-corrected chi connectivity index (χ0v) is 17.0. The van der Waals surface area contributed by atoms with Gasteiger partial charge >= 0.3 is 0 Å². The first kappa shape index (κ1) is 20.0. The Bertz CT molecular complexity index is 625. The van der Waals surface area contributed by atoms with Crippen LogP contribution in [0.3, 0.4) is 0 Å². The molecular formula is C23H32OS. The van der Waals surface area contributed by atoms with Gasteiger partial charge in [-0.05, 0) is 71.9 Å². The highest BCUT2D eigenvalue weighted by Gasteiger charge is 2.46. The molecule has 0 radical (unpaired) electrons. The van der Waals surface area contributed by atoms with Crippen LogP contribution < -0.4 is 0 Å². The Hall–Kier alpha value is -1.28. The molecule has 1 aliphatic carbocycles. The van der Waals surface area contributed by atoms with Crippen molar-refractivity contribution in [3.8, 4) is 0 Å². The molecule has 0 bridgehead atoms. The molecule has 136 valence electrons. The van der Waals surface area contributed by atoms with Gasteiger partial charge in [-0.2, -0.15) is 0 Å². The van der Waals surface area contributed by atoms with Gasteiger partial charge in [0.05, 0.1) is 0 Å². The van der Waals surface area contributed by atoms with E-state index >= 15 is 0 Å². The molecule has 2 rings (SSSR count). The molecule has 1 aliphatic rings. The van der Waals surface area contributed by atoms with Gasteiger partial charge in [0.1, 0.15) is 5.78 Å². The van der Waals surface area contributed by atoms with Gasteiger partial charge in [-0.15, -0.1) is 11.8 Å². The molecule has 0 N–H and O–H groups in total. The molecule has 1 nitrogen and oxygen atoms in total. The van der Waals surface area contributed by atoms with Crippen LogP contribution in [0, 0.1) is 5.92 Å². The third kappa shape index (κ3) is 6.18. The van der Waals surface area contributed by atoms with Gasteiger partial charge in [0.15, 0.2) is 0 Å². The number of ketones is 1. The Kier molecular flexibility index (Phi) is 7.56. The fourth-order valence-corrected chi connectivity index (χ4v) is 4.85. The summed E-state index contributed by atoms with van der Waals surface area (Å²) in [6.07, 6.45) is 10.5. The van der Waals surface area contributed by atoms with Crippen molar-refractivity contribution in [2.45, 2.75) is 75.9 Å². The SMILES string of the molecule is CC(C)=CCC/C(C)=C/CCC(=O)[C@H]1CC[C@]1(C)Sc1ccccc1. The van der Waals surface area contributed by atoms with Crippen molar-refractivity contribution in [3.63, 3.8) is 0 Å². The smallest absolute Gasteiger partial charge is 0.137 e. The lowest BCUT2D eigenvalue weighted by molar-refractivity contribution is -0.126. The van der Waals surface area contributed by atoms with Crippen molar-refractivity contribution in [2.75, 3.05) is 0 Å². The van der Waals surface area contributed by atoms with Crippen molar-refractivity contribution in [3.05, 3.63) is 53.6 Å². The highest BCUT2D eigenvalue weighted by Crippen LogP contribution is 2.52. The summed E-state index contributed by atoms with van der Waals surface area (Å²) in [6, 6.07) is 10.5. The Labute approximate surface area is 158 Å². The number of rotatable bonds is 9. The molecule has 1 saturated carbocycles. The summed E-state index contributed by atoms with van der Waals surface area (Å²) in [5.74, 6) is 0.669. The third-order valence-corrected chi connectivity index (χ3v) is 6.59. The Morgan fingerprint density at radius 3 is 2.40 bits per heavy atom. The van der Waals surface area contributed by atoms with Crippen LogP contribution in [0.15, 0.2) is 58.5 Å². The summed E-state index contributed by atoms with van der Waals surface area (Å²) in [4.78, 5) is 13.9. The van der Waals surface area contributed by atoms with Crippen molar-refractivity contribution in [1.29, 1.82) is 0 Å². The second-order valence-corrected chi connectivity index (χ2v) is 9.30. The quantitative estimate of drug-likeness (QED) is 0.443. The average Bonchev–Trinajstić information content (AvgIpc) is 2.54. The minimum absolute atomic E-state index is 0.0840. The Morgan fingerprint density at radius 1 is 1.12 bits per heavy atom. The van der Waals surface area contributed by atoms with Crippen LogP contribution >= 0.6 is 11.8 Å². The van der Waals surface area contributed by atoms with Gasteiger partial charge in [-0.3, -0.25) is 4.79 Å². The topological polar surface area (TPSA) is 17.1 Å². The molecule has 1 aromatic carbocycles. The summed E-state index contributed by atoms with van der Waals surface area (Å²) in [5, 5.41) is 0. The second kappa shape index (κ2) is 9.43. The number of hydrogen-bond donors (Lipinski definition) is 0. The van der Waals surface area contributed by atoms with E-state index in [9.17, 15) is 4.79 Å². The molecule has 0 saturated heterocycles. The van der Waals surface area contributed by atoms with E-state index in [0.29, 0.717) is 12.2 Å². The van der Waals surface area contributed by atoms with Crippen LogP contribution in [0.25, 0.3) is 0 Å². The van der Waals surface area contributed by atoms with Gasteiger partial charge in [-0.25, -0.2) is 0 Å². The summed E-state index contributed by atoms with van der Waals surface area (Å²) in [5.41, 5.74) is 2.78. The molecule has 0 aliphatic heterocycles. The fourth-order valence-electron chi connectivity index (χ4n) is 3.40. The molecule has 0 amide bonds. The predicted octanol–water partition coefficient (Wildman–Crippen LogP) is 6.99. The lowest BCUT2D eigenvalue weighted by atomic mass is 9.70. The Morgan fingerprint density at radius 2 is 1.80 bits per heavy atom. The minimum atomic E-state index is 0.0840. The summed E-state index contributed by atoms with van der Waals surface area (Å²) >= 11 is 1.88. The van der Waals surface area contributed by atoms with Gasteiger partial charge in [0.25, 0.3) is 0 Å². The van der Waals surface area contributed by atoms with Gasteiger partial charge in [-0.1, -0.05) is 41.5 Å². The van der Waals surface area contributed by atoms with Crippen LogP contribution in [0.4, 0.5) is 0 Å². The maximum absolute atomic E-state index is 12.7. The molecule has 0 unspecified atom stereocenters. The van der Waals surface area contributed by atoms with Crippen LogP contribution in [0.2, 0.25) is 0 Å². The first-order valence-electron chi connectivity index (χ1n) is 9.46. The number of hydrogen-bond acceptors (Lipinski definition) is 2. The largest absolute Gasteiger partial charge is 0.299 e. The van der Waals surface area contributed by atoms with Crippen molar-refractivity contribution < 1.29 is 4.79 Å². The van der Waals surface area contributed by atoms with E-state index < -0.39 is 0 Å². The Balaban J connectivity index is 1.79. The van der Waals surface area contributed by atoms with Gasteiger partial charge < -0.3 is 0 Å². The lowest BCUT2D eigenvalue weighted by Crippen LogP contribution is -2.45. The molecule has 0 heterocycles. The average molecular weight is 357 g/mol. The van der Waals surface area contributed by atoms with Gasteiger partial charge in [0, 0.05) is 22.0 Å². The summed E-state index contributed by atoms with van der Waals surface area (Å²) in [6.45, 7) is 8.72. The predicted molar refractivity (Wildman–Crippen MR) is 110 cm³/mol. The molecular weight excluding hydrogens is 324 g/mol. The van der Waals surface area contributed by atoms with Crippen molar-refractivity contribution >= 4 is 17.5 Å². The number of carbonyl (C=O) groups is 1. The maximum Gasteiger partial charge on any atom is 0.137 e. The van der Waals surface area contributed by atoms with E-state index in [4.69, 9.17) is 0 Å². The first-order chi connectivity index (χ1) is 11.9. The van der Waals surface area contributed by atoms with E-state index in [-0.39, 0.29) is 10.7 Å². The van der Waals surface area contributed by atoms with Crippen LogP contribution in [0.5, 0.6) is 0 Å². The monoisotopic (exact) mass is 356 g/mol. The summed E-state index contributed by atoms with van der Waals surface area (Å²) < 4.78 is 0.0840. The standard InChI is InChI=1S/C23H32OS/c1-18(2)10-8-11-19(3)12-9-15-22(24)21-16-17-23(21,4)25-20-13-6-5-7-14-20/h5-7,10,12-14,21H,8-9,11,15-17H2,1-4H3/b19-12+/t21-,23+/m1/s1. The highest BCUT2D eigenvalue weighted by atomic mass is 32.2. The molecule has 2 atom stereocenters. The zero-order chi connectivity index (χ0) is 18.3. The number of carbonyl (C=O) groups excluding carboxylic acids is 1. The second-order valence-electron chi connectivity index (χ2n) is 7.69.